The van der Waals surface area contributed by atoms with E-state index in [1.807, 2.05) is 35.9 Å². The molecule has 5 nitrogen and oxygen atoms in total. The molecule has 22 heavy (non-hydrogen) atoms. The molecule has 0 spiro atoms. The molecule has 1 fully saturated rings. The van der Waals surface area contributed by atoms with Gasteiger partial charge in [-0.25, -0.2) is 4.98 Å². The summed E-state index contributed by atoms with van der Waals surface area (Å²) in [7, 11) is 0. The van der Waals surface area contributed by atoms with Crippen LogP contribution in [0.2, 0.25) is 0 Å². The summed E-state index contributed by atoms with van der Waals surface area (Å²) in [6.07, 6.45) is 4.41. The van der Waals surface area contributed by atoms with Gasteiger partial charge in [0.05, 0.1) is 12.1 Å². The Morgan fingerprint density at radius 3 is 3.05 bits per heavy atom. The van der Waals surface area contributed by atoms with Gasteiger partial charge in [0.25, 0.3) is 0 Å². The van der Waals surface area contributed by atoms with E-state index in [-0.39, 0.29) is 0 Å². The van der Waals surface area contributed by atoms with Gasteiger partial charge in [-0.15, -0.1) is 0 Å². The van der Waals surface area contributed by atoms with E-state index in [2.05, 4.69) is 16.4 Å². The topological polar surface area (TPSA) is 63.2 Å². The van der Waals surface area contributed by atoms with Crippen LogP contribution >= 0.6 is 0 Å². The second kappa shape index (κ2) is 4.97. The Labute approximate surface area is 128 Å². The number of aromatic nitrogens is 2. The molecule has 3 heterocycles. The first kappa shape index (κ1) is 13.5. The number of nitrogens with zero attached hydrogens (tertiary/aromatic N) is 2. The maximum atomic E-state index is 10.6. The normalized spacial score (nSPS) is 21.7. The molecule has 0 saturated carbocycles. The number of hydrogen-bond acceptors (Lipinski definition) is 4. The SMILES string of the molecule is Cc1c(-c2nccn2CC2(O)CCNC2)oc2ccccc12. The molecule has 0 aliphatic carbocycles. The summed E-state index contributed by atoms with van der Waals surface area (Å²) in [5.74, 6) is 1.55. The Morgan fingerprint density at radius 1 is 1.41 bits per heavy atom. The minimum absolute atomic E-state index is 0.520. The summed E-state index contributed by atoms with van der Waals surface area (Å²) >= 11 is 0. The monoisotopic (exact) mass is 297 g/mol. The van der Waals surface area contributed by atoms with Crippen LogP contribution in [0.4, 0.5) is 0 Å². The molecule has 3 aromatic rings. The third-order valence-corrected chi connectivity index (χ3v) is 4.45. The fourth-order valence-electron chi connectivity index (χ4n) is 3.22. The highest BCUT2D eigenvalue weighted by atomic mass is 16.3. The van der Waals surface area contributed by atoms with E-state index in [1.54, 1.807) is 6.20 Å². The highest BCUT2D eigenvalue weighted by Crippen LogP contribution is 2.32. The Bertz CT molecular complexity index is 812. The van der Waals surface area contributed by atoms with Crippen molar-refractivity contribution >= 4 is 11.0 Å². The molecule has 1 aliphatic heterocycles. The van der Waals surface area contributed by atoms with Gasteiger partial charge in [-0.05, 0) is 26.0 Å². The number of hydrogen-bond donors (Lipinski definition) is 2. The third kappa shape index (κ3) is 2.14. The van der Waals surface area contributed by atoms with Gasteiger partial charge in [-0.3, -0.25) is 0 Å². The van der Waals surface area contributed by atoms with Crippen LogP contribution in [0.5, 0.6) is 0 Å². The molecule has 0 amide bonds. The summed E-state index contributed by atoms with van der Waals surface area (Å²) in [5.41, 5.74) is 1.24. The Hall–Kier alpha value is -2.11. The molecule has 1 saturated heterocycles. The number of furan rings is 1. The van der Waals surface area contributed by atoms with E-state index in [1.165, 1.54) is 0 Å². The largest absolute Gasteiger partial charge is 0.453 e. The molecular weight excluding hydrogens is 278 g/mol. The van der Waals surface area contributed by atoms with Crippen molar-refractivity contribution in [1.29, 1.82) is 0 Å². The number of β-amino-alcohol motifs (C(OH)–C–C–N with tert-alkyl or cyclic N) is 1. The maximum Gasteiger partial charge on any atom is 0.176 e. The van der Waals surface area contributed by atoms with Crippen LogP contribution in [-0.2, 0) is 6.54 Å². The lowest BCUT2D eigenvalue weighted by Crippen LogP contribution is -2.36. The fraction of sp³-hybridized carbons (Fsp3) is 0.353. The van der Waals surface area contributed by atoms with Crippen molar-refractivity contribution in [1.82, 2.24) is 14.9 Å². The lowest BCUT2D eigenvalue weighted by atomic mass is 10.0. The number of nitrogens with one attached hydrogen (secondary N) is 1. The first-order valence-corrected chi connectivity index (χ1v) is 7.59. The van der Waals surface area contributed by atoms with Gasteiger partial charge in [0.2, 0.25) is 0 Å². The zero-order valence-electron chi connectivity index (χ0n) is 12.5. The zero-order valence-corrected chi connectivity index (χ0v) is 12.5. The smallest absolute Gasteiger partial charge is 0.176 e. The minimum Gasteiger partial charge on any atom is -0.453 e. The summed E-state index contributed by atoms with van der Waals surface area (Å²) in [6.45, 7) is 4.03. The third-order valence-electron chi connectivity index (χ3n) is 4.45. The van der Waals surface area contributed by atoms with Crippen LogP contribution < -0.4 is 5.32 Å². The average Bonchev–Trinajstić information content (AvgIpc) is 3.20. The quantitative estimate of drug-likeness (QED) is 0.779. The number of aryl methyl sites for hydroxylation is 1. The minimum atomic E-state index is -0.713. The van der Waals surface area contributed by atoms with Crippen molar-refractivity contribution < 1.29 is 9.52 Å². The van der Waals surface area contributed by atoms with E-state index in [0.29, 0.717) is 13.1 Å². The molecule has 1 atom stereocenters. The van der Waals surface area contributed by atoms with Crippen LogP contribution in [0.25, 0.3) is 22.6 Å². The highest BCUT2D eigenvalue weighted by molar-refractivity contribution is 5.86. The number of para-hydroxylation sites is 1. The van der Waals surface area contributed by atoms with Crippen LogP contribution in [0.15, 0.2) is 41.1 Å². The lowest BCUT2D eigenvalue weighted by molar-refractivity contribution is 0.0435. The molecule has 2 aromatic heterocycles. The molecule has 1 unspecified atom stereocenters. The van der Waals surface area contributed by atoms with Crippen molar-refractivity contribution in [3.8, 4) is 11.6 Å². The van der Waals surface area contributed by atoms with E-state index in [9.17, 15) is 5.11 Å². The van der Waals surface area contributed by atoms with Gasteiger partial charge >= 0.3 is 0 Å². The number of benzene rings is 1. The van der Waals surface area contributed by atoms with E-state index in [0.717, 1.165) is 41.1 Å². The van der Waals surface area contributed by atoms with E-state index in [4.69, 9.17) is 4.42 Å². The van der Waals surface area contributed by atoms with Crippen molar-refractivity contribution in [2.24, 2.45) is 0 Å². The summed E-state index contributed by atoms with van der Waals surface area (Å²) in [5, 5.41) is 14.9. The Morgan fingerprint density at radius 2 is 2.27 bits per heavy atom. The number of rotatable bonds is 3. The standard InChI is InChI=1S/C17H19N3O2/c1-12-13-4-2-3-5-14(13)22-15(12)16-19-8-9-20(16)11-17(21)6-7-18-10-17/h2-5,8-9,18,21H,6-7,10-11H2,1H3. The number of fused-ring (bicyclic) bond motifs is 1. The predicted octanol–water partition coefficient (Wildman–Crippen LogP) is 2.33. The molecule has 2 N–H and O–H groups in total. The second-order valence-electron chi connectivity index (χ2n) is 6.08. The van der Waals surface area contributed by atoms with Gasteiger partial charge in [-0.1, -0.05) is 18.2 Å². The van der Waals surface area contributed by atoms with Gasteiger partial charge in [-0.2, -0.15) is 0 Å². The first-order valence-electron chi connectivity index (χ1n) is 7.59. The second-order valence-corrected chi connectivity index (χ2v) is 6.08. The molecule has 1 aromatic carbocycles. The zero-order chi connectivity index (χ0) is 15.2. The summed E-state index contributed by atoms with van der Waals surface area (Å²) in [6, 6.07) is 8.00. The average molecular weight is 297 g/mol. The molecule has 0 radical (unpaired) electrons. The first-order chi connectivity index (χ1) is 10.7. The molecule has 1 aliphatic rings. The van der Waals surface area contributed by atoms with Gasteiger partial charge in [0.15, 0.2) is 11.6 Å². The van der Waals surface area contributed by atoms with Gasteiger partial charge in [0.1, 0.15) is 5.58 Å². The number of aliphatic hydroxyl groups is 1. The van der Waals surface area contributed by atoms with E-state index < -0.39 is 5.60 Å². The Kier molecular flexibility index (Phi) is 3.06. The molecule has 0 bridgehead atoms. The van der Waals surface area contributed by atoms with E-state index >= 15 is 0 Å². The van der Waals surface area contributed by atoms with Crippen LogP contribution in [0.3, 0.4) is 0 Å². The summed E-state index contributed by atoms with van der Waals surface area (Å²) in [4.78, 5) is 4.45. The molecular formula is C17H19N3O2. The predicted molar refractivity (Wildman–Crippen MR) is 84.6 cm³/mol. The van der Waals surface area contributed by atoms with Crippen molar-refractivity contribution in [3.05, 3.63) is 42.2 Å². The molecule has 4 rings (SSSR count). The van der Waals surface area contributed by atoms with Crippen LogP contribution in [-0.4, -0.2) is 33.3 Å². The summed E-state index contributed by atoms with van der Waals surface area (Å²) < 4.78 is 7.98. The van der Waals surface area contributed by atoms with Crippen LogP contribution in [0, 0.1) is 6.92 Å². The van der Waals surface area contributed by atoms with Gasteiger partial charge in [0, 0.05) is 29.9 Å². The van der Waals surface area contributed by atoms with Crippen molar-refractivity contribution in [2.45, 2.75) is 25.5 Å². The van der Waals surface area contributed by atoms with Gasteiger partial charge < -0.3 is 19.4 Å². The van der Waals surface area contributed by atoms with Crippen molar-refractivity contribution in [3.63, 3.8) is 0 Å². The number of imidazole rings is 1. The molecule has 5 heteroatoms. The van der Waals surface area contributed by atoms with Crippen molar-refractivity contribution in [2.75, 3.05) is 13.1 Å². The van der Waals surface area contributed by atoms with Crippen LogP contribution in [0.1, 0.15) is 12.0 Å². The fourth-order valence-corrected chi connectivity index (χ4v) is 3.22. The Balaban J connectivity index is 1.76. The molecule has 114 valence electrons. The highest BCUT2D eigenvalue weighted by Gasteiger charge is 2.32. The lowest BCUT2D eigenvalue weighted by Gasteiger charge is -2.22. The maximum absolute atomic E-state index is 10.6.